The van der Waals surface area contributed by atoms with Crippen LogP contribution in [-0.2, 0) is 0 Å². The zero-order valence-electron chi connectivity index (χ0n) is 8.49. The lowest BCUT2D eigenvalue weighted by atomic mass is 10.2. The fraction of sp³-hybridized carbons (Fsp3) is 0. The van der Waals surface area contributed by atoms with Crippen molar-refractivity contribution in [3.8, 4) is 0 Å². The number of hydrogen-bond acceptors (Lipinski definition) is 3. The Morgan fingerprint density at radius 2 is 2.06 bits per heavy atom. The van der Waals surface area contributed by atoms with Crippen molar-refractivity contribution < 1.29 is 13.6 Å². The minimum absolute atomic E-state index is 0.241. The minimum atomic E-state index is -0.552. The third-order valence-corrected chi connectivity index (χ3v) is 2.60. The van der Waals surface area contributed by atoms with Gasteiger partial charge in [-0.15, -0.1) is 0 Å². The van der Waals surface area contributed by atoms with E-state index < -0.39 is 11.4 Å². The first-order chi connectivity index (χ1) is 8.19. The van der Waals surface area contributed by atoms with Crippen molar-refractivity contribution in [2.75, 3.05) is 0 Å². The Kier molecular flexibility index (Phi) is 1.89. The summed E-state index contributed by atoms with van der Waals surface area (Å²) in [6, 6.07) is 5.23. The van der Waals surface area contributed by atoms with Gasteiger partial charge in [0.05, 0.1) is 16.6 Å². The molecule has 0 spiro atoms. The highest BCUT2D eigenvalue weighted by Gasteiger charge is 2.11. The van der Waals surface area contributed by atoms with Gasteiger partial charge in [-0.3, -0.25) is 4.79 Å². The minimum Gasteiger partial charge on any atom is -0.422 e. The van der Waals surface area contributed by atoms with E-state index in [1.807, 2.05) is 0 Å². The van der Waals surface area contributed by atoms with Gasteiger partial charge in [-0.05, 0) is 24.3 Å². The maximum atomic E-state index is 13.2. The van der Waals surface area contributed by atoms with E-state index in [0.717, 1.165) is 0 Å². The van der Waals surface area contributed by atoms with E-state index in [4.69, 9.17) is 4.42 Å². The summed E-state index contributed by atoms with van der Waals surface area (Å²) in [5.74, 6) is -0.435. The number of hydrogen-bond donors (Lipinski definition) is 1. The van der Waals surface area contributed by atoms with Crippen LogP contribution in [0, 0.1) is 5.82 Å². The number of nitrogens with one attached hydrogen (secondary N) is 1. The van der Waals surface area contributed by atoms with E-state index in [0.29, 0.717) is 17.2 Å². The lowest BCUT2D eigenvalue weighted by molar-refractivity contribution is 0.112. The summed E-state index contributed by atoms with van der Waals surface area (Å²) >= 11 is 0. The van der Waals surface area contributed by atoms with Gasteiger partial charge in [-0.1, -0.05) is 0 Å². The van der Waals surface area contributed by atoms with E-state index in [2.05, 4.69) is 4.98 Å². The van der Waals surface area contributed by atoms with Gasteiger partial charge in [-0.25, -0.2) is 9.18 Å². The second kappa shape index (κ2) is 3.28. The first-order valence-corrected chi connectivity index (χ1v) is 4.89. The average molecular weight is 231 g/mol. The largest absolute Gasteiger partial charge is 0.422 e. The molecule has 0 unspecified atom stereocenters. The number of H-pyrrole nitrogens is 1. The number of carbonyl (C=O) groups is 1. The molecule has 2 aromatic heterocycles. The van der Waals surface area contributed by atoms with Crippen LogP contribution < -0.4 is 5.63 Å². The molecule has 0 radical (unpaired) electrons. The fourth-order valence-electron chi connectivity index (χ4n) is 1.85. The molecular formula is C12H6FNO3. The molecule has 0 aliphatic heterocycles. The predicted molar refractivity (Wildman–Crippen MR) is 59.7 cm³/mol. The number of fused-ring (bicyclic) bond motifs is 3. The fourth-order valence-corrected chi connectivity index (χ4v) is 1.85. The summed E-state index contributed by atoms with van der Waals surface area (Å²) < 4.78 is 18.2. The lowest BCUT2D eigenvalue weighted by Gasteiger charge is -1.97. The van der Waals surface area contributed by atoms with E-state index in [9.17, 15) is 14.0 Å². The van der Waals surface area contributed by atoms with Crippen molar-refractivity contribution in [1.82, 2.24) is 4.98 Å². The molecule has 0 atom stereocenters. The van der Waals surface area contributed by atoms with Gasteiger partial charge in [0.25, 0.3) is 0 Å². The second-order valence-corrected chi connectivity index (χ2v) is 3.66. The summed E-state index contributed by atoms with van der Waals surface area (Å²) in [4.78, 5) is 25.0. The average Bonchev–Trinajstić information content (AvgIpc) is 2.75. The number of aldehydes is 1. The van der Waals surface area contributed by atoms with Crippen molar-refractivity contribution in [3.05, 3.63) is 46.2 Å². The third-order valence-electron chi connectivity index (χ3n) is 2.60. The van der Waals surface area contributed by atoms with Crippen LogP contribution in [0.5, 0.6) is 0 Å². The summed E-state index contributed by atoms with van der Waals surface area (Å²) in [6.45, 7) is 0. The first kappa shape index (κ1) is 9.77. The maximum absolute atomic E-state index is 13.2. The van der Waals surface area contributed by atoms with Gasteiger partial charge >= 0.3 is 5.63 Å². The van der Waals surface area contributed by atoms with Gasteiger partial charge < -0.3 is 9.40 Å². The summed E-state index contributed by atoms with van der Waals surface area (Å²) in [5.41, 5.74) is 0.397. The van der Waals surface area contributed by atoms with E-state index in [-0.39, 0.29) is 16.7 Å². The summed E-state index contributed by atoms with van der Waals surface area (Å²) in [7, 11) is 0. The van der Waals surface area contributed by atoms with E-state index in [1.54, 1.807) is 0 Å². The molecule has 0 saturated heterocycles. The van der Waals surface area contributed by atoms with Crippen LogP contribution in [0.15, 0.2) is 33.5 Å². The Morgan fingerprint density at radius 3 is 2.82 bits per heavy atom. The molecule has 1 aromatic carbocycles. The van der Waals surface area contributed by atoms with Gasteiger partial charge in [0, 0.05) is 5.39 Å². The van der Waals surface area contributed by atoms with Crippen LogP contribution in [0.2, 0.25) is 0 Å². The molecule has 0 amide bonds. The van der Waals surface area contributed by atoms with Crippen molar-refractivity contribution in [2.45, 2.75) is 0 Å². The molecule has 5 heteroatoms. The van der Waals surface area contributed by atoms with Crippen LogP contribution in [0.3, 0.4) is 0 Å². The number of rotatable bonds is 1. The SMILES string of the molecule is O=Cc1cc2c(=O)oc3ccc(F)cc3c2[nH]1. The molecule has 1 N–H and O–H groups in total. The molecule has 0 saturated carbocycles. The Balaban J connectivity index is 2.60. The van der Waals surface area contributed by atoms with Crippen LogP contribution in [-0.4, -0.2) is 11.3 Å². The number of carbonyl (C=O) groups excluding carboxylic acids is 1. The normalized spacial score (nSPS) is 11.1. The monoisotopic (exact) mass is 231 g/mol. The van der Waals surface area contributed by atoms with Gasteiger partial charge in [0.2, 0.25) is 0 Å². The molecule has 0 fully saturated rings. The van der Waals surface area contributed by atoms with Crippen molar-refractivity contribution >= 4 is 28.2 Å². The molecule has 4 nitrogen and oxygen atoms in total. The number of halogens is 1. The zero-order chi connectivity index (χ0) is 12.0. The zero-order valence-corrected chi connectivity index (χ0v) is 8.49. The van der Waals surface area contributed by atoms with Gasteiger partial charge in [0.15, 0.2) is 6.29 Å². The van der Waals surface area contributed by atoms with E-state index >= 15 is 0 Å². The highest BCUT2D eigenvalue weighted by atomic mass is 19.1. The Morgan fingerprint density at radius 1 is 1.24 bits per heavy atom. The molecule has 2 heterocycles. The third kappa shape index (κ3) is 1.36. The van der Waals surface area contributed by atoms with Gasteiger partial charge in [-0.2, -0.15) is 0 Å². The highest BCUT2D eigenvalue weighted by Crippen LogP contribution is 2.23. The highest BCUT2D eigenvalue weighted by molar-refractivity contribution is 6.04. The number of aromatic amines is 1. The lowest BCUT2D eigenvalue weighted by Crippen LogP contribution is -1.98. The number of aromatic nitrogens is 1. The molecular weight excluding hydrogens is 225 g/mol. The topological polar surface area (TPSA) is 63.1 Å². The smallest absolute Gasteiger partial charge is 0.345 e. The van der Waals surface area contributed by atoms with Crippen LogP contribution in [0.25, 0.3) is 21.9 Å². The van der Waals surface area contributed by atoms with Crippen LogP contribution in [0.4, 0.5) is 4.39 Å². The molecule has 0 bridgehead atoms. The standard InChI is InChI=1S/C12H6FNO3/c13-6-1-2-10-8(3-6)11-9(12(16)17-10)4-7(5-15)14-11/h1-5,14H. The molecule has 84 valence electrons. The van der Waals surface area contributed by atoms with E-state index in [1.165, 1.54) is 24.3 Å². The number of benzene rings is 1. The molecule has 0 aliphatic rings. The van der Waals surface area contributed by atoms with Crippen LogP contribution in [0.1, 0.15) is 10.5 Å². The molecule has 3 aromatic rings. The van der Waals surface area contributed by atoms with Crippen molar-refractivity contribution in [2.24, 2.45) is 0 Å². The maximum Gasteiger partial charge on any atom is 0.345 e. The predicted octanol–water partition coefficient (Wildman–Crippen LogP) is 2.23. The van der Waals surface area contributed by atoms with Crippen molar-refractivity contribution in [1.29, 1.82) is 0 Å². The van der Waals surface area contributed by atoms with Crippen molar-refractivity contribution in [3.63, 3.8) is 0 Å². The Bertz CT molecular complexity index is 800. The van der Waals surface area contributed by atoms with Crippen LogP contribution >= 0.6 is 0 Å². The van der Waals surface area contributed by atoms with Gasteiger partial charge in [0.1, 0.15) is 11.4 Å². The molecule has 3 rings (SSSR count). The quantitative estimate of drug-likeness (QED) is 0.516. The Labute approximate surface area is 93.7 Å². The Hall–Kier alpha value is -2.43. The summed E-state index contributed by atoms with van der Waals surface area (Å²) in [5, 5.41) is 0.679. The summed E-state index contributed by atoms with van der Waals surface area (Å²) in [6.07, 6.45) is 0.588. The molecule has 17 heavy (non-hydrogen) atoms. The molecule has 0 aliphatic carbocycles. The first-order valence-electron chi connectivity index (χ1n) is 4.89. The second-order valence-electron chi connectivity index (χ2n) is 3.66.